The molecule has 0 aliphatic carbocycles. The summed E-state index contributed by atoms with van der Waals surface area (Å²) in [6.07, 6.45) is 0.967. The van der Waals surface area contributed by atoms with Crippen LogP contribution in [0.4, 0.5) is 18.0 Å². The van der Waals surface area contributed by atoms with Gasteiger partial charge in [0.1, 0.15) is 5.65 Å². The third kappa shape index (κ3) is 7.15. The molecule has 0 amide bonds. The summed E-state index contributed by atoms with van der Waals surface area (Å²) >= 11 is 7.82. The molecule has 0 saturated carbocycles. The van der Waals surface area contributed by atoms with Crippen LogP contribution in [0.25, 0.3) is 32.6 Å². The van der Waals surface area contributed by atoms with Gasteiger partial charge >= 0.3 is 109 Å². The monoisotopic (exact) mass is 708 g/mol. The van der Waals surface area contributed by atoms with Gasteiger partial charge in [-0.3, -0.25) is 9.78 Å². The van der Waals surface area contributed by atoms with Crippen LogP contribution < -0.4 is 113 Å². The van der Waals surface area contributed by atoms with Crippen molar-refractivity contribution in [2.75, 3.05) is 13.2 Å². The first kappa shape index (κ1) is 36.2. The van der Waals surface area contributed by atoms with Crippen LogP contribution in [0.5, 0.6) is 0 Å². The molecule has 7 rings (SSSR count). The zero-order valence-electron chi connectivity index (χ0n) is 23.2. The zero-order chi connectivity index (χ0) is 30.5. The summed E-state index contributed by atoms with van der Waals surface area (Å²) < 4.78 is 52.0. The van der Waals surface area contributed by atoms with E-state index in [9.17, 15) is 18.0 Å². The molecule has 1 fully saturated rings. The number of ether oxygens (including phenoxy) is 1. The molecule has 1 saturated heterocycles. The molecule has 13 nitrogen and oxygen atoms in total. The Kier molecular flexibility index (Phi) is 11.8. The maximum absolute atomic E-state index is 14.5. The molecule has 0 atom stereocenters. The summed E-state index contributed by atoms with van der Waals surface area (Å²) in [6, 6.07) is 3.02. The number of carboxylic acid groups (broad SMARTS) is 2. The molecule has 0 spiro atoms. The number of hydrogen-bond donors (Lipinski definition) is 0. The van der Waals surface area contributed by atoms with Crippen molar-refractivity contribution in [2.45, 2.75) is 12.2 Å². The first-order valence-corrected chi connectivity index (χ1v) is 13.4. The van der Waals surface area contributed by atoms with Gasteiger partial charge < -0.3 is 24.3 Å². The van der Waals surface area contributed by atoms with Gasteiger partial charge in [0.25, 0.3) is 0 Å². The molecule has 0 radical (unpaired) electrons. The summed E-state index contributed by atoms with van der Waals surface area (Å²) in [4.78, 5) is 32.0. The van der Waals surface area contributed by atoms with Crippen LogP contribution in [0.15, 0.2) is 54.7 Å². The summed E-state index contributed by atoms with van der Waals surface area (Å²) in [5.41, 5.74) is -1.33. The van der Waals surface area contributed by atoms with Crippen LogP contribution in [-0.2, 0) is 10.9 Å². The third-order valence-electron chi connectivity index (χ3n) is 6.48. The van der Waals surface area contributed by atoms with Gasteiger partial charge in [0.2, 0.25) is 0 Å². The number of nitrogens with zero attached hydrogens (tertiary/aromatic N) is 8. The number of pyridine rings is 2. The molecule has 1 aliphatic heterocycles. The van der Waals surface area contributed by atoms with Crippen LogP contribution >= 0.6 is 22.9 Å². The molecule has 20 heteroatoms. The number of alkyl halides is 3. The van der Waals surface area contributed by atoms with Gasteiger partial charge in [-0.2, -0.15) is 28.5 Å². The van der Waals surface area contributed by atoms with Gasteiger partial charge in [-0.1, -0.05) is 11.6 Å². The predicted octanol–water partition coefficient (Wildman–Crippen LogP) is -3.55. The Morgan fingerprint density at radius 1 is 1.02 bits per heavy atom. The van der Waals surface area contributed by atoms with Crippen LogP contribution in [0.3, 0.4) is 0 Å². The van der Waals surface area contributed by atoms with E-state index < -0.39 is 29.4 Å². The SMILES string of the molecule is O=C([O-])[O-].O=C(c1cnn(-c2cncc3sccc23)c1C(F)(F)F)c1cn(C2COC2)c2nc(-n3nccn3)c(Cl)cc12.[K+].[K+]. The van der Waals surface area contributed by atoms with Crippen molar-refractivity contribution < 1.29 is 140 Å². The predicted molar refractivity (Wildman–Crippen MR) is 140 cm³/mol. The zero-order valence-corrected chi connectivity index (χ0v) is 31.0. The van der Waals surface area contributed by atoms with Gasteiger partial charge in [0, 0.05) is 28.7 Å². The van der Waals surface area contributed by atoms with E-state index in [-0.39, 0.29) is 136 Å². The van der Waals surface area contributed by atoms with Gasteiger partial charge in [0.15, 0.2) is 17.3 Å². The van der Waals surface area contributed by atoms with Gasteiger partial charge in [-0.05, 0) is 23.7 Å². The molecule has 220 valence electrons. The summed E-state index contributed by atoms with van der Waals surface area (Å²) in [7, 11) is 0. The molecule has 0 bridgehead atoms. The summed E-state index contributed by atoms with van der Waals surface area (Å²) in [5.74, 6) is -0.654. The second-order valence-electron chi connectivity index (χ2n) is 9.01. The average Bonchev–Trinajstić information content (AvgIpc) is 3.72. The number of aromatic nitrogens is 8. The topological polar surface area (TPSA) is 169 Å². The van der Waals surface area contributed by atoms with Crippen molar-refractivity contribution in [1.82, 2.24) is 39.3 Å². The number of fused-ring (bicyclic) bond motifs is 2. The van der Waals surface area contributed by atoms with E-state index in [1.54, 1.807) is 22.2 Å². The van der Waals surface area contributed by atoms with Crippen molar-refractivity contribution in [3.63, 3.8) is 0 Å². The Morgan fingerprint density at radius 2 is 1.71 bits per heavy atom. The van der Waals surface area contributed by atoms with Crippen molar-refractivity contribution in [1.29, 1.82) is 0 Å². The third-order valence-corrected chi connectivity index (χ3v) is 7.61. The minimum absolute atomic E-state index is 0. The standard InChI is InChI=1S/C24H14ClF3N8O2S.CH2O3.2K/c25-17-5-14-16(9-34(12-10-38-11-12)22(14)33-23(17)36-30-2-3-31-36)20(37)15-6-32-35(21(15)24(26,27)28)18-7-29-8-19-13(18)1-4-39-19;2-1(3)4;;/h1-9,12H,10-11H2;(H2,2,3,4);;/q;;2*+1/p-2. The molecule has 0 unspecified atom stereocenters. The second kappa shape index (κ2) is 14.7. The number of carbonyl (C=O) groups excluding carboxylic acids is 2. The van der Waals surface area contributed by atoms with Gasteiger partial charge in [-0.15, -0.1) is 16.1 Å². The Bertz CT molecular complexity index is 2010. The summed E-state index contributed by atoms with van der Waals surface area (Å²) in [6.45, 7) is 0.723. The van der Waals surface area contributed by atoms with E-state index in [0.717, 1.165) is 10.9 Å². The smallest absolute Gasteiger partial charge is 0.652 e. The normalized spacial score (nSPS) is 13.0. The quantitative estimate of drug-likeness (QED) is 0.129. The molecule has 6 aromatic heterocycles. The number of carbonyl (C=O) groups is 2. The van der Waals surface area contributed by atoms with Crippen LogP contribution in [0.2, 0.25) is 5.02 Å². The van der Waals surface area contributed by atoms with Crippen molar-refractivity contribution in [2.24, 2.45) is 0 Å². The maximum atomic E-state index is 14.5. The minimum atomic E-state index is -4.89. The Hall–Kier alpha value is -1.60. The fourth-order valence-electron chi connectivity index (χ4n) is 4.60. The molecule has 0 aromatic carbocycles. The second-order valence-corrected chi connectivity index (χ2v) is 10.4. The fraction of sp³-hybridized carbons (Fsp3) is 0.160. The molecular weight excluding hydrogens is 695 g/mol. The largest absolute Gasteiger partial charge is 1.00 e. The summed E-state index contributed by atoms with van der Waals surface area (Å²) in [5, 5.41) is 31.5. The van der Waals surface area contributed by atoms with Crippen molar-refractivity contribution in [3.8, 4) is 11.5 Å². The van der Waals surface area contributed by atoms with Crippen LogP contribution in [-0.4, -0.2) is 64.5 Å². The molecule has 0 N–H and O–H groups in total. The van der Waals surface area contributed by atoms with Crippen LogP contribution in [0, 0.1) is 0 Å². The van der Waals surface area contributed by atoms with E-state index in [1.165, 1.54) is 47.0 Å². The maximum Gasteiger partial charge on any atom is 1.00 e. The Labute approximate surface area is 344 Å². The molecule has 45 heavy (non-hydrogen) atoms. The van der Waals surface area contributed by atoms with E-state index in [2.05, 4.69) is 25.3 Å². The number of ketones is 1. The van der Waals surface area contributed by atoms with Gasteiger partial charge in [0.05, 0.1) is 65.0 Å². The Balaban J connectivity index is 0.000000727. The minimum Gasteiger partial charge on any atom is -0.652 e. The van der Waals surface area contributed by atoms with E-state index in [0.29, 0.717) is 28.9 Å². The molecule has 7 heterocycles. The number of thiophene rings is 1. The Morgan fingerprint density at radius 3 is 2.33 bits per heavy atom. The van der Waals surface area contributed by atoms with E-state index in [4.69, 9.17) is 31.3 Å². The number of halogens is 4. The average molecular weight is 709 g/mol. The molecule has 6 aromatic rings. The van der Waals surface area contributed by atoms with Crippen molar-refractivity contribution in [3.05, 3.63) is 76.5 Å². The van der Waals surface area contributed by atoms with Crippen LogP contribution in [0.1, 0.15) is 27.7 Å². The van der Waals surface area contributed by atoms with E-state index in [1.807, 2.05) is 0 Å². The first-order chi connectivity index (χ1) is 20.5. The number of rotatable bonds is 5. The first-order valence-electron chi connectivity index (χ1n) is 12.1. The molecular formula is C25H14ClF3K2N8O5S. The van der Waals surface area contributed by atoms with E-state index >= 15 is 0 Å². The van der Waals surface area contributed by atoms with Gasteiger partial charge in [-0.25, -0.2) is 9.67 Å². The fourth-order valence-corrected chi connectivity index (χ4v) is 5.60. The number of hydrogen-bond acceptors (Lipinski definition) is 11. The molecule has 1 aliphatic rings. The van der Waals surface area contributed by atoms with Crippen molar-refractivity contribution >= 4 is 56.0 Å².